The number of carbonyl (C=O) groups excluding carboxylic acids is 7. The first-order chi connectivity index (χ1) is 71.7. The average Bonchev–Trinajstić information content (AvgIpc) is 1.21. The number of nitrogens with zero attached hydrogens (tertiary/aromatic N) is 12. The van der Waals surface area contributed by atoms with Gasteiger partial charge in [-0.1, -0.05) is 52.5 Å². The molecule has 22 unspecified atom stereocenters. The zero-order valence-electron chi connectivity index (χ0n) is 92.0. The Morgan fingerprint density at radius 1 is 0.318 bits per heavy atom. The minimum atomic E-state index is -0.677. The standard InChI is InChI=1S/C17H26N4O.2C17H31N3O.C17H30N2O2.C16H29N3O2.C16H23N3O2.C15H22N4O2/c1-4-17(2,15-18-8-5-9-19-15)16(22)20-12-10-13-6-7-14(11-12)21(13)3;1-3-16(12-6-8-18-9-7-12)17(21)19-13-10-14-4-5-15(11-13)20(14)2;1-3-15(16-6-4-5-9-18-16)17(21)19-12-10-13-7-8-14(11-12)20(13)2;1-19-14-7-8-15(19)10-13(9-14)18-17(21)16(11-20)12-5-3-2-4-6-12;1-19-13-2-3-14(19)9-12(8-13)18-16(21)15(10-20)11-4-6-17-7-5-11;1-19-12-5-6-13(19)9-11(8-12)18-16(21)14(10-20)15-4-2-3-7-17-15;1-19-11-3-4-12(19)8-10(7-11)18-15(21)13(9-20)14-16-5-2-6-17-14/h5,8-9,12-14H,4,6-7,10-11H2,1-3H3,(H,20,22);2*12-16,18H,3-11H2,1-2H3,(H,19,21);12-16,20H,2-11H2,1H3,(H,18,21);11-15,17,20H,2-10H2,1H3,(H,18,21);2-4,7,11-14,20H,5-6,8-10H2,1H3,(H,18,21);2,5-6,10-13,20H,3-4,7-9H2,1H3,(H,18,21). The Balaban J connectivity index is 0.000000129. The van der Waals surface area contributed by atoms with Crippen LogP contribution in [0.2, 0.25) is 0 Å². The lowest BCUT2D eigenvalue weighted by Crippen LogP contribution is -2.53. The molecule has 21 rings (SSSR count). The maximum atomic E-state index is 12.9. The second kappa shape index (κ2) is 55.9. The molecule has 148 heavy (non-hydrogen) atoms. The van der Waals surface area contributed by atoms with Gasteiger partial charge >= 0.3 is 0 Å². The van der Waals surface area contributed by atoms with E-state index in [1.54, 1.807) is 49.2 Å². The molecular formula is C115H192N22O11. The minimum absolute atomic E-state index is 0.00990. The largest absolute Gasteiger partial charge is 0.396 e. The summed E-state index contributed by atoms with van der Waals surface area (Å²) < 4.78 is 0. The predicted molar refractivity (Wildman–Crippen MR) is 578 cm³/mol. The maximum Gasteiger partial charge on any atom is 0.233 e. The Bertz CT molecular complexity index is 4090. The van der Waals surface area contributed by atoms with Crippen LogP contribution in [0.25, 0.3) is 0 Å². The SMILES string of the molecule is CCC(C(=O)NC1CC2CCC(C1)N2C)C1CCCCN1.CCC(C(=O)NC1CC2CCC(C1)N2C)C1CCNCC1.CCC(C)(C(=O)NC1CC2CCC(C1)N2C)c1ncccn1.CN1C2CCC1CC(NC(=O)C(CO)C1CCCCC1)C2.CN1C2CCC1CC(NC(=O)C(CO)C1CCNCC1)C2.CN1C2CCC1CC(NC(=O)C(CO)c1ccccn1)C2.CN1C2CCC1CC(NC(=O)C(CO)c1ncccn1)C2. The van der Waals surface area contributed by atoms with Gasteiger partial charge in [-0.2, -0.15) is 0 Å². The summed E-state index contributed by atoms with van der Waals surface area (Å²) in [6.45, 7) is 13.0. The molecule has 1 aliphatic carbocycles. The van der Waals surface area contributed by atoms with Gasteiger partial charge in [0.2, 0.25) is 41.4 Å². The fourth-order valence-electron chi connectivity index (χ4n) is 30.1. The van der Waals surface area contributed by atoms with Gasteiger partial charge in [0, 0.05) is 170 Å². The van der Waals surface area contributed by atoms with Crippen LogP contribution in [-0.2, 0) is 39.0 Å². The van der Waals surface area contributed by atoms with Gasteiger partial charge in [-0.3, -0.25) is 38.5 Å². The number of carbonyl (C=O) groups is 7. The van der Waals surface area contributed by atoms with Crippen LogP contribution < -0.4 is 53.2 Å². The fraction of sp³-hybridized carbons (Fsp3) is 0.826. The van der Waals surface area contributed by atoms with E-state index in [2.05, 4.69) is 176 Å². The number of fused-ring (bicyclic) bond motifs is 14. The Kier molecular flexibility index (Phi) is 43.5. The Morgan fingerprint density at radius 3 is 0.912 bits per heavy atom. The molecule has 33 nitrogen and oxygen atoms in total. The second-order valence-electron chi connectivity index (χ2n) is 48.4. The van der Waals surface area contributed by atoms with Crippen LogP contribution in [0.4, 0.5) is 0 Å². The highest BCUT2D eigenvalue weighted by molar-refractivity contribution is 5.87. The molecule has 14 bridgehead atoms. The number of hydrogen-bond acceptors (Lipinski definition) is 26. The van der Waals surface area contributed by atoms with Crippen molar-refractivity contribution >= 4 is 41.4 Å². The highest BCUT2D eigenvalue weighted by Gasteiger charge is 2.49. The predicted octanol–water partition coefficient (Wildman–Crippen LogP) is 8.98. The van der Waals surface area contributed by atoms with Crippen molar-refractivity contribution in [1.29, 1.82) is 0 Å². The summed E-state index contributed by atoms with van der Waals surface area (Å²) in [5, 5.41) is 71.4. The topological polar surface area (TPSA) is 408 Å². The van der Waals surface area contributed by atoms with Gasteiger partial charge in [0.15, 0.2) is 0 Å². The van der Waals surface area contributed by atoms with E-state index in [1.807, 2.05) is 26.0 Å². The maximum absolute atomic E-state index is 12.9. The zero-order valence-corrected chi connectivity index (χ0v) is 92.0. The lowest BCUT2D eigenvalue weighted by atomic mass is 9.79. The summed E-state index contributed by atoms with van der Waals surface area (Å²) >= 11 is 0. The van der Waals surface area contributed by atoms with Crippen molar-refractivity contribution in [1.82, 2.24) is 112 Å². The van der Waals surface area contributed by atoms with Crippen molar-refractivity contribution in [2.24, 2.45) is 41.4 Å². The Morgan fingerprint density at radius 2 is 0.608 bits per heavy atom. The van der Waals surface area contributed by atoms with Crippen LogP contribution in [0.15, 0.2) is 61.3 Å². The fourth-order valence-corrected chi connectivity index (χ4v) is 30.1. The number of nitrogens with one attached hydrogen (secondary N) is 10. The second-order valence-corrected chi connectivity index (χ2v) is 48.4. The number of rotatable bonds is 28. The Labute approximate surface area is 885 Å². The van der Waals surface area contributed by atoms with Crippen molar-refractivity contribution in [3.63, 3.8) is 0 Å². The smallest absolute Gasteiger partial charge is 0.233 e. The molecule has 20 heterocycles. The first kappa shape index (κ1) is 115. The van der Waals surface area contributed by atoms with Crippen molar-refractivity contribution in [3.8, 4) is 0 Å². The van der Waals surface area contributed by atoms with E-state index < -0.39 is 17.3 Å². The highest BCUT2D eigenvalue weighted by Crippen LogP contribution is 2.44. The summed E-state index contributed by atoms with van der Waals surface area (Å²) in [7, 11) is 15.5. The number of aliphatic hydroxyl groups is 4. The molecule has 14 N–H and O–H groups in total. The van der Waals surface area contributed by atoms with Gasteiger partial charge in [0.1, 0.15) is 28.9 Å². The van der Waals surface area contributed by atoms with E-state index in [1.165, 1.54) is 122 Å². The van der Waals surface area contributed by atoms with Crippen LogP contribution in [0.1, 0.15) is 333 Å². The molecular weight excluding hydrogens is 1870 g/mol. The monoisotopic (exact) mass is 2060 g/mol. The highest BCUT2D eigenvalue weighted by atomic mass is 16.3. The molecule has 18 fully saturated rings. The number of aliphatic hydroxyl groups excluding tert-OH is 4. The van der Waals surface area contributed by atoms with Crippen LogP contribution in [0.3, 0.4) is 0 Å². The molecule has 3 aromatic heterocycles. The van der Waals surface area contributed by atoms with Gasteiger partial charge in [0.05, 0.1) is 49.9 Å². The minimum Gasteiger partial charge on any atom is -0.396 e. The first-order valence-electron chi connectivity index (χ1n) is 58.9. The van der Waals surface area contributed by atoms with Crippen molar-refractivity contribution in [2.75, 3.05) is 108 Å². The quantitative estimate of drug-likeness (QED) is 0.0322. The van der Waals surface area contributed by atoms with Crippen LogP contribution in [0.5, 0.6) is 0 Å². The van der Waals surface area contributed by atoms with Gasteiger partial charge in [-0.05, 0) is 381 Å². The molecule has 828 valence electrons. The van der Waals surface area contributed by atoms with Gasteiger partial charge in [0.25, 0.3) is 0 Å². The van der Waals surface area contributed by atoms with Crippen LogP contribution in [-0.4, -0.2) is 362 Å². The summed E-state index contributed by atoms with van der Waals surface area (Å²) in [5.74, 6) is 1.66. The summed E-state index contributed by atoms with van der Waals surface area (Å²) in [6.07, 6.45) is 57.6. The molecule has 17 aliphatic heterocycles. The third-order valence-electron chi connectivity index (χ3n) is 39.9. The van der Waals surface area contributed by atoms with E-state index >= 15 is 0 Å². The van der Waals surface area contributed by atoms with Crippen molar-refractivity contribution < 1.29 is 54.0 Å². The summed E-state index contributed by atoms with van der Waals surface area (Å²) in [6, 6.07) is 20.5. The van der Waals surface area contributed by atoms with Gasteiger partial charge in [-0.25, -0.2) is 19.9 Å². The van der Waals surface area contributed by atoms with E-state index in [-0.39, 0.29) is 97.8 Å². The van der Waals surface area contributed by atoms with E-state index in [9.17, 15) is 54.0 Å². The molecule has 1 saturated carbocycles. The molecule has 0 aromatic carbocycles. The average molecular weight is 2060 g/mol. The Hall–Kier alpha value is -6.96. The number of aromatic nitrogens is 5. The number of pyridine rings is 1. The van der Waals surface area contributed by atoms with E-state index in [0.717, 1.165) is 180 Å². The molecule has 33 heteroatoms. The molecule has 7 amide bonds. The van der Waals surface area contributed by atoms with Crippen molar-refractivity contribution in [2.45, 2.75) is 454 Å². The van der Waals surface area contributed by atoms with Gasteiger partial charge < -0.3 is 108 Å². The van der Waals surface area contributed by atoms with Crippen molar-refractivity contribution in [3.05, 3.63) is 78.7 Å². The summed E-state index contributed by atoms with van der Waals surface area (Å²) in [5.41, 5.74) is -0.0164. The summed E-state index contributed by atoms with van der Waals surface area (Å²) in [4.78, 5) is 127. The molecule has 0 spiro atoms. The zero-order chi connectivity index (χ0) is 105. The lowest BCUT2D eigenvalue weighted by Gasteiger charge is -2.38. The van der Waals surface area contributed by atoms with Crippen LogP contribution >= 0.6 is 0 Å². The molecule has 0 radical (unpaired) electrons. The first-order valence-corrected chi connectivity index (χ1v) is 58.9. The molecule has 22 atom stereocenters. The van der Waals surface area contributed by atoms with E-state index in [0.29, 0.717) is 168 Å². The lowest BCUT2D eigenvalue weighted by molar-refractivity contribution is -0.130. The number of hydrogen-bond donors (Lipinski definition) is 14. The molecule has 18 aliphatic rings. The molecule has 3 aromatic rings. The number of piperidine rings is 10. The van der Waals surface area contributed by atoms with Gasteiger partial charge in [-0.15, -0.1) is 0 Å². The molecule has 17 saturated heterocycles. The third-order valence-corrected chi connectivity index (χ3v) is 39.9. The van der Waals surface area contributed by atoms with Crippen LogP contribution in [0, 0.1) is 41.4 Å². The third kappa shape index (κ3) is 29.6. The van der Waals surface area contributed by atoms with E-state index in [4.69, 9.17) is 0 Å². The number of amides is 7. The normalized spacial score (nSPS) is 33.7.